The fourth-order valence-electron chi connectivity index (χ4n) is 3.59. The first-order valence-electron chi connectivity index (χ1n) is 9.88. The van der Waals surface area contributed by atoms with E-state index in [9.17, 15) is 8.42 Å². The molecule has 3 aromatic rings. The van der Waals surface area contributed by atoms with Crippen molar-refractivity contribution in [1.29, 1.82) is 0 Å². The van der Waals surface area contributed by atoms with Crippen molar-refractivity contribution in [3.8, 4) is 0 Å². The van der Waals surface area contributed by atoms with E-state index in [1.807, 2.05) is 49.4 Å². The summed E-state index contributed by atoms with van der Waals surface area (Å²) in [7, 11) is -2.12. The monoisotopic (exact) mass is 454 g/mol. The lowest BCUT2D eigenvalue weighted by molar-refractivity contribution is 0.0684. The third kappa shape index (κ3) is 4.37. The van der Waals surface area contributed by atoms with Crippen LogP contribution in [0.1, 0.15) is 16.7 Å². The minimum atomic E-state index is -3.69. The molecule has 0 fully saturated rings. The highest BCUT2D eigenvalue weighted by Crippen LogP contribution is 2.34. The normalized spacial score (nSPS) is 18.6. The van der Waals surface area contributed by atoms with Gasteiger partial charge in [-0.15, -0.1) is 0 Å². The van der Waals surface area contributed by atoms with Gasteiger partial charge in [-0.1, -0.05) is 59.6 Å². The number of ether oxygens (including phenoxy) is 1. The second-order valence-corrected chi connectivity index (χ2v) is 10.1. The number of hydrogen-bond acceptors (Lipinski definition) is 4. The summed E-state index contributed by atoms with van der Waals surface area (Å²) in [4.78, 5) is 4.87. The highest BCUT2D eigenvalue weighted by molar-refractivity contribution is 7.89. The van der Waals surface area contributed by atoms with Crippen molar-refractivity contribution in [2.45, 2.75) is 17.4 Å². The van der Waals surface area contributed by atoms with Crippen molar-refractivity contribution < 1.29 is 13.2 Å². The van der Waals surface area contributed by atoms with Crippen LogP contribution in [0, 0.1) is 6.92 Å². The minimum absolute atomic E-state index is 0.119. The van der Waals surface area contributed by atoms with Crippen LogP contribution in [0.2, 0.25) is 5.02 Å². The molecule has 0 radical (unpaired) electrons. The molecule has 1 unspecified atom stereocenters. The number of rotatable bonds is 6. The lowest BCUT2D eigenvalue weighted by Crippen LogP contribution is -2.44. The van der Waals surface area contributed by atoms with Crippen LogP contribution in [0.15, 0.2) is 88.8 Å². The van der Waals surface area contributed by atoms with Gasteiger partial charge in [0.2, 0.25) is 15.9 Å². The fourth-order valence-corrected chi connectivity index (χ4v) is 4.94. The summed E-state index contributed by atoms with van der Waals surface area (Å²) in [5.74, 6) is 0.474. The Morgan fingerprint density at radius 2 is 1.65 bits per heavy atom. The summed E-state index contributed by atoms with van der Waals surface area (Å²) in [6.45, 7) is 2.35. The molecule has 0 bridgehead atoms. The highest BCUT2D eigenvalue weighted by atomic mass is 35.5. The number of sulfonamides is 1. The van der Waals surface area contributed by atoms with Gasteiger partial charge in [0.25, 0.3) is 0 Å². The van der Waals surface area contributed by atoms with Gasteiger partial charge in [-0.2, -0.15) is 4.31 Å². The number of aryl methyl sites for hydroxylation is 1. The Morgan fingerprint density at radius 3 is 2.29 bits per heavy atom. The van der Waals surface area contributed by atoms with E-state index in [2.05, 4.69) is 4.99 Å². The lowest BCUT2D eigenvalue weighted by Gasteiger charge is -2.33. The maximum atomic E-state index is 13.2. The van der Waals surface area contributed by atoms with E-state index in [1.54, 1.807) is 43.4 Å². The quantitative estimate of drug-likeness (QED) is 0.545. The Morgan fingerprint density at radius 1 is 1.00 bits per heavy atom. The smallest absolute Gasteiger partial charge is 0.242 e. The first-order valence-corrected chi connectivity index (χ1v) is 11.7. The fraction of sp³-hybridized carbons (Fsp3) is 0.208. The van der Waals surface area contributed by atoms with Crippen LogP contribution in [-0.2, 0) is 20.4 Å². The molecule has 7 heteroatoms. The average molecular weight is 455 g/mol. The van der Waals surface area contributed by atoms with Crippen LogP contribution in [0.25, 0.3) is 0 Å². The van der Waals surface area contributed by atoms with Crippen LogP contribution >= 0.6 is 11.6 Å². The van der Waals surface area contributed by atoms with Gasteiger partial charge in [-0.25, -0.2) is 13.4 Å². The SMILES string of the molecule is Cc1ccc(S(=O)(=O)N(C)CC2(c3ccccc3)CN=C(c3ccc(Cl)cc3)O2)cc1. The van der Waals surface area contributed by atoms with E-state index in [0.717, 1.165) is 16.7 Å². The van der Waals surface area contributed by atoms with E-state index >= 15 is 0 Å². The third-order valence-electron chi connectivity index (χ3n) is 5.37. The Hall–Kier alpha value is -2.67. The zero-order valence-electron chi connectivity index (χ0n) is 17.3. The molecule has 0 spiro atoms. The molecule has 1 atom stereocenters. The molecule has 0 N–H and O–H groups in total. The minimum Gasteiger partial charge on any atom is -0.463 e. The van der Waals surface area contributed by atoms with Crippen LogP contribution < -0.4 is 0 Å². The molecular weight excluding hydrogens is 432 g/mol. The van der Waals surface area contributed by atoms with Crippen molar-refractivity contribution in [1.82, 2.24) is 4.31 Å². The van der Waals surface area contributed by atoms with Gasteiger partial charge < -0.3 is 4.74 Å². The summed E-state index contributed by atoms with van der Waals surface area (Å²) in [6, 6.07) is 23.7. The Balaban J connectivity index is 1.65. The number of nitrogens with zero attached hydrogens (tertiary/aromatic N) is 2. The van der Waals surface area contributed by atoms with Gasteiger partial charge in [0.15, 0.2) is 5.60 Å². The second kappa shape index (κ2) is 8.46. The molecule has 1 aliphatic heterocycles. The van der Waals surface area contributed by atoms with Gasteiger partial charge >= 0.3 is 0 Å². The van der Waals surface area contributed by atoms with E-state index in [0.29, 0.717) is 17.5 Å². The number of halogens is 1. The Labute approximate surface area is 188 Å². The van der Waals surface area contributed by atoms with E-state index in [-0.39, 0.29) is 11.4 Å². The molecule has 0 amide bonds. The van der Waals surface area contributed by atoms with Crippen molar-refractivity contribution in [2.75, 3.05) is 20.1 Å². The molecule has 1 heterocycles. The molecule has 4 rings (SSSR count). The molecule has 0 aromatic heterocycles. The summed E-state index contributed by atoms with van der Waals surface area (Å²) in [6.07, 6.45) is 0. The Kier molecular flexibility index (Phi) is 5.88. The molecule has 0 saturated heterocycles. The largest absolute Gasteiger partial charge is 0.463 e. The maximum Gasteiger partial charge on any atom is 0.242 e. The van der Waals surface area contributed by atoms with Crippen LogP contribution in [0.3, 0.4) is 0 Å². The zero-order valence-corrected chi connectivity index (χ0v) is 18.9. The number of likely N-dealkylation sites (N-methyl/N-ethyl adjacent to an activating group) is 1. The molecule has 160 valence electrons. The van der Waals surface area contributed by atoms with E-state index in [4.69, 9.17) is 16.3 Å². The molecule has 5 nitrogen and oxygen atoms in total. The molecule has 31 heavy (non-hydrogen) atoms. The summed E-state index contributed by atoms with van der Waals surface area (Å²) < 4.78 is 34.1. The molecule has 0 aliphatic carbocycles. The van der Waals surface area contributed by atoms with Gasteiger partial charge in [-0.05, 0) is 48.9 Å². The van der Waals surface area contributed by atoms with Crippen LogP contribution in [-0.4, -0.2) is 38.8 Å². The number of hydrogen-bond donors (Lipinski definition) is 0. The standard InChI is InChI=1S/C24H23ClN2O3S/c1-18-8-14-22(15-9-18)31(28,29)27(2)17-24(20-6-4-3-5-7-20)16-26-23(30-24)19-10-12-21(25)13-11-19/h3-15H,16-17H2,1-2H3. The topological polar surface area (TPSA) is 59.0 Å². The van der Waals surface area contributed by atoms with Gasteiger partial charge in [-0.3, -0.25) is 0 Å². The average Bonchev–Trinajstić information content (AvgIpc) is 3.20. The summed E-state index contributed by atoms with van der Waals surface area (Å²) >= 11 is 6.00. The highest BCUT2D eigenvalue weighted by Gasteiger charge is 2.43. The first-order chi connectivity index (χ1) is 14.8. The predicted molar refractivity (Wildman–Crippen MR) is 123 cm³/mol. The van der Waals surface area contributed by atoms with E-state index in [1.165, 1.54) is 4.31 Å². The maximum absolute atomic E-state index is 13.2. The summed E-state index contributed by atoms with van der Waals surface area (Å²) in [5, 5.41) is 0.626. The van der Waals surface area contributed by atoms with Crippen molar-refractivity contribution >= 4 is 27.5 Å². The third-order valence-corrected chi connectivity index (χ3v) is 7.44. The number of benzene rings is 3. The van der Waals surface area contributed by atoms with Crippen LogP contribution in [0.5, 0.6) is 0 Å². The molecule has 0 saturated carbocycles. The predicted octanol–water partition coefficient (Wildman–Crippen LogP) is 4.64. The van der Waals surface area contributed by atoms with Crippen molar-refractivity contribution in [2.24, 2.45) is 4.99 Å². The van der Waals surface area contributed by atoms with Crippen LogP contribution in [0.4, 0.5) is 0 Å². The zero-order chi connectivity index (χ0) is 22.1. The van der Waals surface area contributed by atoms with Gasteiger partial charge in [0.1, 0.15) is 0 Å². The summed E-state index contributed by atoms with van der Waals surface area (Å²) in [5.41, 5.74) is 1.74. The first kappa shape index (κ1) is 21.6. The molecule has 3 aromatic carbocycles. The van der Waals surface area contributed by atoms with Crippen molar-refractivity contribution in [3.05, 3.63) is 101 Å². The molecular formula is C24H23ClN2O3S. The Bertz CT molecular complexity index is 1190. The number of aliphatic imine (C=N–C) groups is 1. The molecule has 1 aliphatic rings. The van der Waals surface area contributed by atoms with E-state index < -0.39 is 15.6 Å². The van der Waals surface area contributed by atoms with Gasteiger partial charge in [0, 0.05) is 17.6 Å². The van der Waals surface area contributed by atoms with Crippen molar-refractivity contribution in [3.63, 3.8) is 0 Å². The lowest BCUT2D eigenvalue weighted by atomic mass is 9.94. The second-order valence-electron chi connectivity index (χ2n) is 7.66. The van der Waals surface area contributed by atoms with Gasteiger partial charge in [0.05, 0.1) is 18.0 Å².